The highest BCUT2D eigenvalue weighted by Crippen LogP contribution is 2.27. The Hall–Kier alpha value is -3.90. The highest BCUT2D eigenvalue weighted by Gasteiger charge is 2.21. The number of rotatable bonds is 6. The molecule has 7 heteroatoms. The Morgan fingerprint density at radius 3 is 2.22 bits per heavy atom. The Bertz CT molecular complexity index is 1430. The second kappa shape index (κ2) is 8.69. The number of ether oxygens (including phenoxy) is 1. The third-order valence-corrected chi connectivity index (χ3v) is 5.55. The van der Waals surface area contributed by atoms with Gasteiger partial charge in [0.15, 0.2) is 11.2 Å². The lowest BCUT2D eigenvalue weighted by Crippen LogP contribution is -2.25. The quantitative estimate of drug-likeness (QED) is 0.365. The van der Waals surface area contributed by atoms with E-state index in [1.54, 1.807) is 9.13 Å². The Morgan fingerprint density at radius 1 is 0.781 bits per heavy atom. The zero-order valence-corrected chi connectivity index (χ0v) is 17.8. The molecule has 6 nitrogen and oxygen atoms in total. The van der Waals surface area contributed by atoms with Gasteiger partial charge in [0.25, 0.3) is 0 Å². The molecule has 0 saturated heterocycles. The van der Waals surface area contributed by atoms with Gasteiger partial charge in [-0.3, -0.25) is 9.13 Å². The van der Waals surface area contributed by atoms with Crippen LogP contribution in [0.1, 0.15) is 11.1 Å². The van der Waals surface area contributed by atoms with Crippen molar-refractivity contribution >= 4 is 22.8 Å². The van der Waals surface area contributed by atoms with E-state index >= 15 is 0 Å². The predicted molar refractivity (Wildman–Crippen MR) is 124 cm³/mol. The van der Waals surface area contributed by atoms with Crippen LogP contribution in [0.25, 0.3) is 11.2 Å². The summed E-state index contributed by atoms with van der Waals surface area (Å²) in [6, 6.07) is 26.6. The van der Waals surface area contributed by atoms with Crippen LogP contribution in [0.3, 0.4) is 0 Å². The van der Waals surface area contributed by atoms with Crippen molar-refractivity contribution in [1.82, 2.24) is 19.1 Å². The summed E-state index contributed by atoms with van der Waals surface area (Å²) in [5, 5.41) is 0.596. The molecule has 0 aliphatic carbocycles. The van der Waals surface area contributed by atoms with Gasteiger partial charge in [-0.25, -0.2) is 9.78 Å². The number of hydrogen-bond donors (Lipinski definition) is 0. The SMILES string of the molecule is O=c1n(Cc2ccccc2Cl)c2ncnc(Oc3ccccc3)c2n1Cc1ccccc1. The summed E-state index contributed by atoms with van der Waals surface area (Å²) < 4.78 is 9.32. The Labute approximate surface area is 189 Å². The lowest BCUT2D eigenvalue weighted by molar-refractivity contribution is 0.464. The summed E-state index contributed by atoms with van der Waals surface area (Å²) in [6.45, 7) is 0.656. The van der Waals surface area contributed by atoms with Gasteiger partial charge in [0, 0.05) is 5.02 Å². The number of hydrogen-bond acceptors (Lipinski definition) is 4. The van der Waals surface area contributed by atoms with Crippen molar-refractivity contribution in [1.29, 1.82) is 0 Å². The summed E-state index contributed by atoms with van der Waals surface area (Å²) in [6.07, 6.45) is 1.41. The Kier molecular flexibility index (Phi) is 5.44. The maximum absolute atomic E-state index is 13.6. The van der Waals surface area contributed by atoms with Gasteiger partial charge in [0.05, 0.1) is 13.1 Å². The molecular weight excluding hydrogens is 424 g/mol. The minimum atomic E-state index is -0.206. The number of aromatic nitrogens is 4. The normalized spacial score (nSPS) is 11.0. The largest absolute Gasteiger partial charge is 0.437 e. The van der Waals surface area contributed by atoms with Crippen molar-refractivity contribution in [2.75, 3.05) is 0 Å². The number of benzene rings is 3. The van der Waals surface area contributed by atoms with E-state index in [9.17, 15) is 4.79 Å². The number of para-hydroxylation sites is 1. The second-order valence-electron chi connectivity index (χ2n) is 7.30. The summed E-state index contributed by atoms with van der Waals surface area (Å²) in [5.41, 5.74) is 2.64. The van der Waals surface area contributed by atoms with Crippen LogP contribution < -0.4 is 10.4 Å². The van der Waals surface area contributed by atoms with E-state index in [2.05, 4.69) is 9.97 Å². The summed E-state index contributed by atoms with van der Waals surface area (Å²) >= 11 is 6.37. The first kappa shape index (κ1) is 20.0. The summed E-state index contributed by atoms with van der Waals surface area (Å²) in [7, 11) is 0. The van der Waals surface area contributed by atoms with E-state index in [0.717, 1.165) is 11.1 Å². The van der Waals surface area contributed by atoms with E-state index in [1.165, 1.54) is 6.33 Å². The first-order chi connectivity index (χ1) is 15.7. The van der Waals surface area contributed by atoms with Crippen LogP contribution in [0.2, 0.25) is 5.02 Å². The van der Waals surface area contributed by atoms with Crippen LogP contribution >= 0.6 is 11.6 Å². The van der Waals surface area contributed by atoms with Crippen molar-refractivity contribution in [3.63, 3.8) is 0 Å². The second-order valence-corrected chi connectivity index (χ2v) is 7.71. The van der Waals surface area contributed by atoms with Gasteiger partial charge >= 0.3 is 5.69 Å². The summed E-state index contributed by atoms with van der Waals surface area (Å²) in [4.78, 5) is 22.4. The molecule has 0 atom stereocenters. The third kappa shape index (κ3) is 3.88. The average Bonchev–Trinajstić information content (AvgIpc) is 3.08. The van der Waals surface area contributed by atoms with Gasteiger partial charge in [-0.15, -0.1) is 0 Å². The molecule has 32 heavy (non-hydrogen) atoms. The number of fused-ring (bicyclic) bond motifs is 1. The van der Waals surface area contributed by atoms with Gasteiger partial charge in [-0.1, -0.05) is 78.3 Å². The molecule has 5 aromatic rings. The van der Waals surface area contributed by atoms with Crippen LogP contribution in [-0.2, 0) is 13.1 Å². The number of halogens is 1. The first-order valence-corrected chi connectivity index (χ1v) is 10.5. The fraction of sp³-hybridized carbons (Fsp3) is 0.0800. The minimum Gasteiger partial charge on any atom is -0.437 e. The molecule has 0 aliphatic rings. The average molecular weight is 443 g/mol. The first-order valence-electron chi connectivity index (χ1n) is 10.1. The lowest BCUT2D eigenvalue weighted by Gasteiger charge is -2.08. The van der Waals surface area contributed by atoms with Crippen LogP contribution in [0.5, 0.6) is 11.6 Å². The lowest BCUT2D eigenvalue weighted by atomic mass is 10.2. The van der Waals surface area contributed by atoms with Crippen LogP contribution in [0, 0.1) is 0 Å². The zero-order chi connectivity index (χ0) is 21.9. The molecule has 0 bridgehead atoms. The van der Waals surface area contributed by atoms with Gasteiger partial charge in [-0.05, 0) is 29.3 Å². The maximum Gasteiger partial charge on any atom is 0.331 e. The third-order valence-electron chi connectivity index (χ3n) is 5.18. The smallest absolute Gasteiger partial charge is 0.331 e. The van der Waals surface area contributed by atoms with Crippen molar-refractivity contribution in [2.24, 2.45) is 0 Å². The number of nitrogens with zero attached hydrogens (tertiary/aromatic N) is 4. The molecule has 158 valence electrons. The van der Waals surface area contributed by atoms with Crippen LogP contribution in [0.4, 0.5) is 0 Å². The molecule has 5 rings (SSSR count). The standard InChI is InChI=1S/C25H19ClN4O2/c26-21-14-8-7-11-19(21)16-30-23-22(29(25(30)31)15-18-9-3-1-4-10-18)24(28-17-27-23)32-20-12-5-2-6-13-20/h1-14,17H,15-16H2. The van der Waals surface area contributed by atoms with Crippen LogP contribution in [0.15, 0.2) is 96.1 Å². The molecule has 3 aromatic carbocycles. The van der Waals surface area contributed by atoms with E-state index in [1.807, 2.05) is 84.9 Å². The molecular formula is C25H19ClN4O2. The molecule has 0 unspecified atom stereocenters. The highest BCUT2D eigenvalue weighted by molar-refractivity contribution is 6.31. The van der Waals surface area contributed by atoms with E-state index in [0.29, 0.717) is 40.9 Å². The molecule has 0 spiro atoms. The van der Waals surface area contributed by atoms with Gasteiger partial charge in [0.1, 0.15) is 12.1 Å². The van der Waals surface area contributed by atoms with E-state index < -0.39 is 0 Å². The van der Waals surface area contributed by atoms with Crippen molar-refractivity contribution in [3.05, 3.63) is 118 Å². The number of imidazole rings is 1. The predicted octanol–water partition coefficient (Wildman–Crippen LogP) is 5.14. The molecule has 2 aromatic heterocycles. The monoisotopic (exact) mass is 442 g/mol. The molecule has 0 fully saturated rings. The molecule has 2 heterocycles. The molecule has 0 amide bonds. The minimum absolute atomic E-state index is 0.206. The maximum atomic E-state index is 13.6. The van der Waals surface area contributed by atoms with Gasteiger partial charge < -0.3 is 4.74 Å². The Balaban J connectivity index is 1.69. The molecule has 0 N–H and O–H groups in total. The van der Waals surface area contributed by atoms with E-state index in [-0.39, 0.29) is 5.69 Å². The van der Waals surface area contributed by atoms with Crippen LogP contribution in [-0.4, -0.2) is 19.1 Å². The molecule has 0 aliphatic heterocycles. The molecule has 0 saturated carbocycles. The van der Waals surface area contributed by atoms with Crippen molar-refractivity contribution in [2.45, 2.75) is 13.1 Å². The van der Waals surface area contributed by atoms with E-state index in [4.69, 9.17) is 16.3 Å². The topological polar surface area (TPSA) is 61.9 Å². The fourth-order valence-corrected chi connectivity index (χ4v) is 3.84. The fourth-order valence-electron chi connectivity index (χ4n) is 3.65. The van der Waals surface area contributed by atoms with Gasteiger partial charge in [0.2, 0.25) is 5.88 Å². The van der Waals surface area contributed by atoms with Crippen molar-refractivity contribution < 1.29 is 4.74 Å². The summed E-state index contributed by atoms with van der Waals surface area (Å²) in [5.74, 6) is 0.956. The van der Waals surface area contributed by atoms with Gasteiger partial charge in [-0.2, -0.15) is 4.98 Å². The zero-order valence-electron chi connectivity index (χ0n) is 17.1. The molecule has 0 radical (unpaired) electrons. The highest BCUT2D eigenvalue weighted by atomic mass is 35.5. The van der Waals surface area contributed by atoms with Crippen molar-refractivity contribution in [3.8, 4) is 11.6 Å². The Morgan fingerprint density at radius 2 is 1.47 bits per heavy atom.